The van der Waals surface area contributed by atoms with Gasteiger partial charge in [0.2, 0.25) is 18.6 Å². The van der Waals surface area contributed by atoms with Crippen molar-refractivity contribution in [2.24, 2.45) is 0 Å². The van der Waals surface area contributed by atoms with Crippen molar-refractivity contribution < 1.29 is 19.1 Å². The zero-order chi connectivity index (χ0) is 19.6. The summed E-state index contributed by atoms with van der Waals surface area (Å²) in [4.78, 5) is 26.0. The second-order valence-corrected chi connectivity index (χ2v) is 6.86. The zero-order valence-corrected chi connectivity index (χ0v) is 16.2. The SMILES string of the molecule is CC(=O)N(CCC(=O)Nc1ccc2c(c1)OCO2)c1c(C)cc(C)cc1Cl. The Morgan fingerprint density at radius 2 is 1.89 bits per heavy atom. The van der Waals surface area contributed by atoms with Crippen LogP contribution in [-0.4, -0.2) is 25.2 Å². The van der Waals surface area contributed by atoms with Crippen molar-refractivity contribution in [2.75, 3.05) is 23.6 Å². The number of amides is 2. The monoisotopic (exact) mass is 388 g/mol. The van der Waals surface area contributed by atoms with Gasteiger partial charge in [-0.15, -0.1) is 0 Å². The maximum absolute atomic E-state index is 12.3. The van der Waals surface area contributed by atoms with Gasteiger partial charge in [0, 0.05) is 31.6 Å². The molecule has 1 N–H and O–H groups in total. The van der Waals surface area contributed by atoms with E-state index >= 15 is 0 Å². The first-order chi connectivity index (χ1) is 12.8. The van der Waals surface area contributed by atoms with Gasteiger partial charge in [-0.05, 0) is 43.2 Å². The molecule has 2 aromatic rings. The van der Waals surface area contributed by atoms with E-state index in [-0.39, 0.29) is 31.6 Å². The first-order valence-corrected chi connectivity index (χ1v) is 8.97. The normalized spacial score (nSPS) is 12.0. The minimum absolute atomic E-state index is 0.137. The van der Waals surface area contributed by atoms with E-state index in [4.69, 9.17) is 21.1 Å². The molecule has 0 aliphatic carbocycles. The topological polar surface area (TPSA) is 67.9 Å². The smallest absolute Gasteiger partial charge is 0.231 e. The molecular formula is C20H21ClN2O4. The third-order valence-electron chi connectivity index (χ3n) is 4.27. The van der Waals surface area contributed by atoms with Gasteiger partial charge in [0.15, 0.2) is 11.5 Å². The molecule has 0 unspecified atom stereocenters. The predicted molar refractivity (Wildman–Crippen MR) is 105 cm³/mol. The van der Waals surface area contributed by atoms with Crippen LogP contribution >= 0.6 is 11.6 Å². The van der Waals surface area contributed by atoms with Crippen molar-refractivity contribution in [3.8, 4) is 11.5 Å². The van der Waals surface area contributed by atoms with Gasteiger partial charge in [0.05, 0.1) is 10.7 Å². The second-order valence-electron chi connectivity index (χ2n) is 6.45. The van der Waals surface area contributed by atoms with Crippen LogP contribution in [0, 0.1) is 13.8 Å². The summed E-state index contributed by atoms with van der Waals surface area (Å²) in [7, 11) is 0. The van der Waals surface area contributed by atoms with Crippen LogP contribution in [0.1, 0.15) is 24.5 Å². The highest BCUT2D eigenvalue weighted by molar-refractivity contribution is 6.34. The molecule has 0 spiro atoms. The van der Waals surface area contributed by atoms with Crippen LogP contribution in [0.25, 0.3) is 0 Å². The number of nitrogens with zero attached hydrogens (tertiary/aromatic N) is 1. The molecule has 1 heterocycles. The Bertz CT molecular complexity index is 875. The maximum atomic E-state index is 12.3. The minimum Gasteiger partial charge on any atom is -0.454 e. The molecule has 0 aromatic heterocycles. The number of benzene rings is 2. The lowest BCUT2D eigenvalue weighted by molar-refractivity contribution is -0.117. The van der Waals surface area contributed by atoms with Gasteiger partial charge in [-0.3, -0.25) is 9.59 Å². The van der Waals surface area contributed by atoms with Crippen LogP contribution in [0.5, 0.6) is 11.5 Å². The minimum atomic E-state index is -0.207. The van der Waals surface area contributed by atoms with Crippen LogP contribution < -0.4 is 19.7 Å². The van der Waals surface area contributed by atoms with Crippen molar-refractivity contribution in [2.45, 2.75) is 27.2 Å². The van der Waals surface area contributed by atoms with Crippen LogP contribution in [0.3, 0.4) is 0 Å². The average molecular weight is 389 g/mol. The second kappa shape index (κ2) is 7.88. The number of hydrogen-bond acceptors (Lipinski definition) is 4. The Morgan fingerprint density at radius 3 is 2.59 bits per heavy atom. The van der Waals surface area contributed by atoms with E-state index in [1.54, 1.807) is 18.2 Å². The third-order valence-corrected chi connectivity index (χ3v) is 4.56. The fraction of sp³-hybridized carbons (Fsp3) is 0.300. The summed E-state index contributed by atoms with van der Waals surface area (Å²) < 4.78 is 10.6. The van der Waals surface area contributed by atoms with Gasteiger partial charge >= 0.3 is 0 Å². The number of carbonyl (C=O) groups excluding carboxylic acids is 2. The Hall–Kier alpha value is -2.73. The Kier molecular flexibility index (Phi) is 5.56. The summed E-state index contributed by atoms with van der Waals surface area (Å²) >= 11 is 6.35. The van der Waals surface area contributed by atoms with Gasteiger partial charge in [-0.2, -0.15) is 0 Å². The highest BCUT2D eigenvalue weighted by Crippen LogP contribution is 2.34. The van der Waals surface area contributed by atoms with Crippen LogP contribution in [-0.2, 0) is 9.59 Å². The van der Waals surface area contributed by atoms with Crippen molar-refractivity contribution in [1.82, 2.24) is 0 Å². The van der Waals surface area contributed by atoms with E-state index in [1.807, 2.05) is 26.0 Å². The number of carbonyl (C=O) groups is 2. The molecule has 6 nitrogen and oxygen atoms in total. The van der Waals surface area contributed by atoms with Crippen molar-refractivity contribution in [3.05, 3.63) is 46.5 Å². The van der Waals surface area contributed by atoms with Gasteiger partial charge in [0.25, 0.3) is 0 Å². The van der Waals surface area contributed by atoms with Gasteiger partial charge in [-0.1, -0.05) is 17.7 Å². The van der Waals surface area contributed by atoms with E-state index in [1.165, 1.54) is 11.8 Å². The molecule has 0 atom stereocenters. The molecule has 1 aliphatic rings. The maximum Gasteiger partial charge on any atom is 0.231 e. The number of aryl methyl sites for hydroxylation is 2. The number of nitrogens with one attached hydrogen (secondary N) is 1. The zero-order valence-electron chi connectivity index (χ0n) is 15.5. The van der Waals surface area contributed by atoms with Crippen LogP contribution in [0.4, 0.5) is 11.4 Å². The van der Waals surface area contributed by atoms with E-state index in [0.717, 1.165) is 11.1 Å². The average Bonchev–Trinajstić information content (AvgIpc) is 3.04. The number of anilines is 2. The molecule has 7 heteroatoms. The van der Waals surface area contributed by atoms with Gasteiger partial charge < -0.3 is 19.7 Å². The van der Waals surface area contributed by atoms with E-state index < -0.39 is 0 Å². The molecule has 0 saturated carbocycles. The van der Waals surface area contributed by atoms with E-state index in [9.17, 15) is 9.59 Å². The molecule has 2 aromatic carbocycles. The quantitative estimate of drug-likeness (QED) is 0.838. The molecule has 0 bridgehead atoms. The molecule has 3 rings (SSSR count). The Balaban J connectivity index is 1.68. The van der Waals surface area contributed by atoms with Gasteiger partial charge in [0.1, 0.15) is 0 Å². The summed E-state index contributed by atoms with van der Waals surface area (Å²) in [5.41, 5.74) is 3.17. The van der Waals surface area contributed by atoms with E-state index in [2.05, 4.69) is 5.32 Å². The van der Waals surface area contributed by atoms with Crippen molar-refractivity contribution in [1.29, 1.82) is 0 Å². The molecule has 1 aliphatic heterocycles. The Labute approximate surface area is 163 Å². The molecule has 142 valence electrons. The number of ether oxygens (including phenoxy) is 2. The summed E-state index contributed by atoms with van der Waals surface area (Å²) in [6.07, 6.45) is 0.137. The highest BCUT2D eigenvalue weighted by Gasteiger charge is 2.19. The number of rotatable bonds is 5. The molecule has 27 heavy (non-hydrogen) atoms. The largest absolute Gasteiger partial charge is 0.454 e. The van der Waals surface area contributed by atoms with Crippen LogP contribution in [0.2, 0.25) is 5.02 Å². The first kappa shape index (κ1) is 19.0. The summed E-state index contributed by atoms with van der Waals surface area (Å²) in [6, 6.07) is 8.98. The van der Waals surface area contributed by atoms with Gasteiger partial charge in [-0.25, -0.2) is 0 Å². The Morgan fingerprint density at radius 1 is 1.15 bits per heavy atom. The number of fused-ring (bicyclic) bond motifs is 1. The molecule has 0 radical (unpaired) electrons. The summed E-state index contributed by atoms with van der Waals surface area (Å²) in [6.45, 7) is 5.72. The molecular weight excluding hydrogens is 368 g/mol. The van der Waals surface area contributed by atoms with E-state index in [0.29, 0.717) is 27.9 Å². The van der Waals surface area contributed by atoms with Crippen molar-refractivity contribution >= 4 is 34.8 Å². The fourth-order valence-electron chi connectivity index (χ4n) is 3.09. The lowest BCUT2D eigenvalue weighted by Gasteiger charge is -2.24. The predicted octanol–water partition coefficient (Wildman–Crippen LogP) is 4.07. The first-order valence-electron chi connectivity index (χ1n) is 8.59. The highest BCUT2D eigenvalue weighted by atomic mass is 35.5. The standard InChI is InChI=1S/C20H21ClN2O4/c1-12-8-13(2)20(16(21)9-12)23(14(3)24)7-6-19(25)22-15-4-5-17-18(10-15)27-11-26-17/h4-5,8-10H,6-7,11H2,1-3H3,(H,22,25). The number of halogens is 1. The lowest BCUT2D eigenvalue weighted by atomic mass is 10.1. The number of hydrogen-bond donors (Lipinski definition) is 1. The molecule has 0 fully saturated rings. The molecule has 0 saturated heterocycles. The third kappa shape index (κ3) is 4.34. The van der Waals surface area contributed by atoms with Crippen molar-refractivity contribution in [3.63, 3.8) is 0 Å². The summed E-state index contributed by atoms with van der Waals surface area (Å²) in [5.74, 6) is 0.876. The summed E-state index contributed by atoms with van der Waals surface area (Å²) in [5, 5.41) is 3.31. The molecule has 2 amide bonds. The fourth-order valence-corrected chi connectivity index (χ4v) is 3.51. The van der Waals surface area contributed by atoms with Crippen LogP contribution in [0.15, 0.2) is 30.3 Å². The lowest BCUT2D eigenvalue weighted by Crippen LogP contribution is -2.32.